The lowest BCUT2D eigenvalue weighted by molar-refractivity contribution is 1.07. The molecule has 0 aliphatic carbocycles. The van der Waals surface area contributed by atoms with Gasteiger partial charge >= 0.3 is 5.69 Å². The van der Waals surface area contributed by atoms with Crippen molar-refractivity contribution in [1.82, 2.24) is 24.9 Å². The van der Waals surface area contributed by atoms with Crippen molar-refractivity contribution in [1.29, 1.82) is 0 Å². The van der Waals surface area contributed by atoms with Gasteiger partial charge in [0.15, 0.2) is 5.65 Å². The summed E-state index contributed by atoms with van der Waals surface area (Å²) in [6.07, 6.45) is 1.62. The van der Waals surface area contributed by atoms with E-state index in [0.717, 1.165) is 11.4 Å². The van der Waals surface area contributed by atoms with Crippen LogP contribution in [0.2, 0.25) is 0 Å². The van der Waals surface area contributed by atoms with E-state index in [4.69, 9.17) is 0 Å². The summed E-state index contributed by atoms with van der Waals surface area (Å²) in [6.45, 7) is 0. The van der Waals surface area contributed by atoms with Gasteiger partial charge in [-0.15, -0.1) is 0 Å². The van der Waals surface area contributed by atoms with E-state index < -0.39 is 11.2 Å². The number of aromatic amines is 3. The van der Waals surface area contributed by atoms with Crippen LogP contribution >= 0.6 is 0 Å². The molecular formula is C11H10N6O2. The fraction of sp³-hybridized carbons (Fsp3) is 0.0909. The van der Waals surface area contributed by atoms with Crippen molar-refractivity contribution in [3.05, 3.63) is 39.2 Å². The molecule has 0 amide bonds. The van der Waals surface area contributed by atoms with Crippen LogP contribution in [-0.4, -0.2) is 32.0 Å². The Kier molecular flexibility index (Phi) is 2.41. The maximum atomic E-state index is 11.6. The zero-order valence-electron chi connectivity index (χ0n) is 9.94. The first kappa shape index (κ1) is 11.2. The highest BCUT2D eigenvalue weighted by molar-refractivity contribution is 5.74. The first-order valence-corrected chi connectivity index (χ1v) is 5.54. The molecule has 0 aliphatic rings. The van der Waals surface area contributed by atoms with Crippen molar-refractivity contribution in [3.63, 3.8) is 0 Å². The molecule has 3 heterocycles. The average molecular weight is 258 g/mol. The molecule has 0 aliphatic heterocycles. The Labute approximate surface area is 105 Å². The Bertz CT molecular complexity index is 842. The van der Waals surface area contributed by atoms with Gasteiger partial charge in [0.2, 0.25) is 0 Å². The lowest BCUT2D eigenvalue weighted by Gasteiger charge is -1.99. The molecule has 8 heteroatoms. The van der Waals surface area contributed by atoms with Crippen LogP contribution in [0.3, 0.4) is 0 Å². The second kappa shape index (κ2) is 4.09. The van der Waals surface area contributed by atoms with E-state index in [1.165, 1.54) is 0 Å². The molecule has 4 N–H and O–H groups in total. The van der Waals surface area contributed by atoms with Crippen molar-refractivity contribution in [2.75, 3.05) is 12.4 Å². The van der Waals surface area contributed by atoms with Gasteiger partial charge in [0, 0.05) is 18.8 Å². The topological polar surface area (TPSA) is 119 Å². The maximum Gasteiger partial charge on any atom is 0.327 e. The fourth-order valence-corrected chi connectivity index (χ4v) is 1.75. The lowest BCUT2D eigenvalue weighted by atomic mass is 10.3. The number of hydrogen-bond donors (Lipinski definition) is 4. The summed E-state index contributed by atoms with van der Waals surface area (Å²) in [4.78, 5) is 38.5. The number of aromatic nitrogens is 5. The standard InChI is InChI=1S/C11H10N6O2/c1-12-6-3-2-5(4-13-6)8-14-7-9(15-8)16-11(19)17-10(7)18/h2-4H,1H3,(H,12,13)(H3,14,15,16,17,18,19). The first-order chi connectivity index (χ1) is 9.17. The SMILES string of the molecule is CNc1ccc(-c2nc3[nH]c(=O)[nH]c(=O)c3[nH]2)cn1. The molecule has 3 aromatic heterocycles. The third-order valence-electron chi connectivity index (χ3n) is 2.68. The number of hydrogen-bond acceptors (Lipinski definition) is 5. The van der Waals surface area contributed by atoms with Gasteiger partial charge in [0.25, 0.3) is 5.56 Å². The zero-order chi connectivity index (χ0) is 13.4. The molecule has 3 aromatic rings. The van der Waals surface area contributed by atoms with E-state index in [-0.39, 0.29) is 11.2 Å². The number of nitrogens with one attached hydrogen (secondary N) is 4. The van der Waals surface area contributed by atoms with Gasteiger partial charge in [-0.3, -0.25) is 14.8 Å². The van der Waals surface area contributed by atoms with Crippen molar-refractivity contribution in [3.8, 4) is 11.4 Å². The van der Waals surface area contributed by atoms with Gasteiger partial charge in [-0.2, -0.15) is 0 Å². The van der Waals surface area contributed by atoms with Crippen LogP contribution in [0.15, 0.2) is 27.9 Å². The molecule has 19 heavy (non-hydrogen) atoms. The number of nitrogens with zero attached hydrogens (tertiary/aromatic N) is 2. The van der Waals surface area contributed by atoms with Crippen LogP contribution in [-0.2, 0) is 0 Å². The largest absolute Gasteiger partial charge is 0.373 e. The highest BCUT2D eigenvalue weighted by Crippen LogP contribution is 2.17. The molecule has 0 saturated carbocycles. The summed E-state index contributed by atoms with van der Waals surface area (Å²) >= 11 is 0. The number of imidazole rings is 1. The second-order valence-electron chi connectivity index (χ2n) is 3.90. The average Bonchev–Trinajstić information content (AvgIpc) is 2.83. The van der Waals surface area contributed by atoms with Gasteiger partial charge in [-0.05, 0) is 12.1 Å². The second-order valence-corrected chi connectivity index (χ2v) is 3.90. The number of rotatable bonds is 2. The minimum absolute atomic E-state index is 0.224. The molecule has 3 rings (SSSR count). The summed E-state index contributed by atoms with van der Waals surface area (Å²) in [7, 11) is 1.77. The van der Waals surface area contributed by atoms with E-state index >= 15 is 0 Å². The maximum absolute atomic E-state index is 11.6. The number of pyridine rings is 1. The number of anilines is 1. The Morgan fingerprint density at radius 1 is 1.16 bits per heavy atom. The summed E-state index contributed by atoms with van der Waals surface area (Å²) in [5, 5.41) is 2.90. The molecule has 0 atom stereocenters. The Balaban J connectivity index is 2.17. The monoisotopic (exact) mass is 258 g/mol. The quantitative estimate of drug-likeness (QED) is 0.517. The molecule has 0 aromatic carbocycles. The molecule has 0 unspecified atom stereocenters. The molecular weight excluding hydrogens is 248 g/mol. The zero-order valence-corrected chi connectivity index (χ0v) is 9.94. The Morgan fingerprint density at radius 2 is 2.00 bits per heavy atom. The first-order valence-electron chi connectivity index (χ1n) is 5.54. The third-order valence-corrected chi connectivity index (χ3v) is 2.68. The predicted octanol–water partition coefficient (Wildman–Crippen LogP) is 0.0432. The van der Waals surface area contributed by atoms with E-state index in [2.05, 4.69) is 30.2 Å². The fourth-order valence-electron chi connectivity index (χ4n) is 1.75. The van der Waals surface area contributed by atoms with Crippen LogP contribution in [0.25, 0.3) is 22.6 Å². The van der Waals surface area contributed by atoms with Crippen LogP contribution in [0.5, 0.6) is 0 Å². The molecule has 0 saturated heterocycles. The van der Waals surface area contributed by atoms with Crippen LogP contribution in [0.1, 0.15) is 0 Å². The third kappa shape index (κ3) is 1.88. The summed E-state index contributed by atoms with van der Waals surface area (Å²) < 4.78 is 0. The molecule has 0 spiro atoms. The highest BCUT2D eigenvalue weighted by Gasteiger charge is 2.09. The smallest absolute Gasteiger partial charge is 0.327 e. The normalized spacial score (nSPS) is 10.8. The molecule has 0 bridgehead atoms. The van der Waals surface area contributed by atoms with Crippen molar-refractivity contribution >= 4 is 17.0 Å². The predicted molar refractivity (Wildman–Crippen MR) is 70.1 cm³/mol. The molecule has 8 nitrogen and oxygen atoms in total. The summed E-state index contributed by atoms with van der Waals surface area (Å²) in [5.74, 6) is 1.20. The van der Waals surface area contributed by atoms with Crippen LogP contribution < -0.4 is 16.6 Å². The van der Waals surface area contributed by atoms with Crippen molar-refractivity contribution in [2.45, 2.75) is 0 Å². The van der Waals surface area contributed by atoms with Crippen molar-refractivity contribution in [2.24, 2.45) is 0 Å². The van der Waals surface area contributed by atoms with Crippen molar-refractivity contribution < 1.29 is 0 Å². The van der Waals surface area contributed by atoms with Gasteiger partial charge in [0.1, 0.15) is 17.2 Å². The van der Waals surface area contributed by atoms with E-state index in [0.29, 0.717) is 5.82 Å². The van der Waals surface area contributed by atoms with E-state index in [1.807, 2.05) is 6.07 Å². The summed E-state index contributed by atoms with van der Waals surface area (Å²) in [5.41, 5.74) is 0.0840. The molecule has 0 fully saturated rings. The minimum atomic E-state index is -0.584. The highest BCUT2D eigenvalue weighted by atomic mass is 16.2. The lowest BCUT2D eigenvalue weighted by Crippen LogP contribution is -2.21. The van der Waals surface area contributed by atoms with Gasteiger partial charge < -0.3 is 10.3 Å². The minimum Gasteiger partial charge on any atom is -0.373 e. The van der Waals surface area contributed by atoms with Crippen LogP contribution in [0, 0.1) is 0 Å². The van der Waals surface area contributed by atoms with Crippen LogP contribution in [0.4, 0.5) is 5.82 Å². The summed E-state index contributed by atoms with van der Waals surface area (Å²) in [6, 6.07) is 3.60. The van der Waals surface area contributed by atoms with E-state index in [1.54, 1.807) is 19.3 Å². The molecule has 96 valence electrons. The molecule has 0 radical (unpaired) electrons. The number of fused-ring (bicyclic) bond motifs is 1. The number of H-pyrrole nitrogens is 3. The van der Waals surface area contributed by atoms with E-state index in [9.17, 15) is 9.59 Å². The Morgan fingerprint density at radius 3 is 2.68 bits per heavy atom. The Hall–Kier alpha value is -2.90. The van der Waals surface area contributed by atoms with Gasteiger partial charge in [-0.1, -0.05) is 0 Å². The van der Waals surface area contributed by atoms with Gasteiger partial charge in [-0.25, -0.2) is 14.8 Å². The van der Waals surface area contributed by atoms with Gasteiger partial charge in [0.05, 0.1) is 0 Å².